The van der Waals surface area contributed by atoms with E-state index >= 15 is 0 Å². The molecule has 0 aromatic heterocycles. The molecule has 4 aliphatic carbocycles. The molecule has 4 fully saturated rings. The van der Waals surface area contributed by atoms with Crippen molar-refractivity contribution in [1.29, 1.82) is 0 Å². The highest BCUT2D eigenvalue weighted by molar-refractivity contribution is 5.29. The Hall–Kier alpha value is -0.780. The minimum Gasteiger partial charge on any atom is -0.0590 e. The van der Waals surface area contributed by atoms with Gasteiger partial charge in [0.2, 0.25) is 0 Å². The largest absolute Gasteiger partial charge is 0.0590 e. The predicted octanol–water partition coefficient (Wildman–Crippen LogP) is 4.92. The van der Waals surface area contributed by atoms with Crippen LogP contribution < -0.4 is 0 Å². The second-order valence-corrected chi connectivity index (χ2v) is 7.65. The highest BCUT2D eigenvalue weighted by Crippen LogP contribution is 2.65. The molecule has 1 aromatic carbocycles. The molecule has 0 amide bonds. The Bertz CT molecular complexity index is 441. The van der Waals surface area contributed by atoms with Gasteiger partial charge in [-0.3, -0.25) is 0 Å². The van der Waals surface area contributed by atoms with Crippen LogP contribution in [0.2, 0.25) is 0 Å². The molecule has 3 unspecified atom stereocenters. The summed E-state index contributed by atoms with van der Waals surface area (Å²) in [7, 11) is 0. The van der Waals surface area contributed by atoms with E-state index in [2.05, 4.69) is 38.1 Å². The lowest BCUT2D eigenvalue weighted by atomic mass is 9.44. The van der Waals surface area contributed by atoms with Crippen LogP contribution in [-0.4, -0.2) is 0 Å². The second kappa shape index (κ2) is 3.62. The molecule has 5 rings (SSSR count). The minimum absolute atomic E-state index is 0.615. The molecule has 0 heteroatoms. The van der Waals surface area contributed by atoms with Crippen molar-refractivity contribution in [2.24, 2.45) is 23.2 Å². The van der Waals surface area contributed by atoms with E-state index in [4.69, 9.17) is 0 Å². The Morgan fingerprint density at radius 1 is 0.944 bits per heavy atom. The van der Waals surface area contributed by atoms with E-state index < -0.39 is 0 Å². The predicted molar refractivity (Wildman–Crippen MR) is 75.6 cm³/mol. The summed E-state index contributed by atoms with van der Waals surface area (Å²) in [5, 5.41) is 0. The highest BCUT2D eigenvalue weighted by atomic mass is 14.6. The van der Waals surface area contributed by atoms with Crippen LogP contribution in [0.25, 0.3) is 0 Å². The zero-order valence-electron chi connectivity index (χ0n) is 11.7. The first-order valence-corrected chi connectivity index (χ1v) is 7.71. The number of benzene rings is 1. The molecule has 0 heterocycles. The van der Waals surface area contributed by atoms with Crippen LogP contribution in [0, 0.1) is 30.1 Å². The zero-order valence-corrected chi connectivity index (χ0v) is 11.7. The first-order valence-electron chi connectivity index (χ1n) is 7.71. The molecule has 4 bridgehead atoms. The highest BCUT2D eigenvalue weighted by Gasteiger charge is 2.54. The molecular formula is C18H24. The fourth-order valence-electron chi connectivity index (χ4n) is 5.90. The smallest absolute Gasteiger partial charge is 0.00792 e. The normalized spacial score (nSPS) is 45.4. The van der Waals surface area contributed by atoms with Crippen LogP contribution in [0.5, 0.6) is 0 Å². The molecule has 0 nitrogen and oxygen atoms in total. The summed E-state index contributed by atoms with van der Waals surface area (Å²) in [6.45, 7) is 4.78. The molecule has 4 aliphatic rings. The first kappa shape index (κ1) is 11.1. The van der Waals surface area contributed by atoms with Crippen molar-refractivity contribution in [2.75, 3.05) is 0 Å². The van der Waals surface area contributed by atoms with Gasteiger partial charge in [0, 0.05) is 0 Å². The SMILES string of the molecule is Cc1ccc(C2C3CC4CC(C3)CC2(C)C4)cc1. The molecule has 4 saturated carbocycles. The fraction of sp³-hybridized carbons (Fsp3) is 0.667. The van der Waals surface area contributed by atoms with Gasteiger partial charge in [0.15, 0.2) is 0 Å². The van der Waals surface area contributed by atoms with E-state index in [9.17, 15) is 0 Å². The van der Waals surface area contributed by atoms with Gasteiger partial charge in [0.1, 0.15) is 0 Å². The van der Waals surface area contributed by atoms with Crippen molar-refractivity contribution in [3.8, 4) is 0 Å². The molecule has 18 heavy (non-hydrogen) atoms. The van der Waals surface area contributed by atoms with E-state index in [-0.39, 0.29) is 0 Å². The lowest BCUT2D eigenvalue weighted by Gasteiger charge is -2.60. The van der Waals surface area contributed by atoms with Crippen molar-refractivity contribution in [3.05, 3.63) is 35.4 Å². The Morgan fingerprint density at radius 3 is 2.11 bits per heavy atom. The maximum atomic E-state index is 2.59. The summed E-state index contributed by atoms with van der Waals surface area (Å²) in [6.07, 6.45) is 7.58. The van der Waals surface area contributed by atoms with Crippen molar-refractivity contribution in [3.63, 3.8) is 0 Å². The average molecular weight is 240 g/mol. The second-order valence-electron chi connectivity index (χ2n) is 7.65. The molecule has 1 aromatic rings. The Morgan fingerprint density at radius 2 is 1.56 bits per heavy atom. The maximum absolute atomic E-state index is 2.59. The number of rotatable bonds is 1. The first-order chi connectivity index (χ1) is 8.64. The average Bonchev–Trinajstić information content (AvgIpc) is 2.29. The van der Waals surface area contributed by atoms with E-state index in [1.165, 1.54) is 31.2 Å². The molecule has 0 aliphatic heterocycles. The van der Waals surface area contributed by atoms with E-state index in [1.54, 1.807) is 12.0 Å². The van der Waals surface area contributed by atoms with Crippen LogP contribution in [0.15, 0.2) is 24.3 Å². The summed E-state index contributed by atoms with van der Waals surface area (Å²) < 4.78 is 0. The van der Waals surface area contributed by atoms with Gasteiger partial charge in [0.05, 0.1) is 0 Å². The molecular weight excluding hydrogens is 216 g/mol. The van der Waals surface area contributed by atoms with Crippen LogP contribution in [0.3, 0.4) is 0 Å². The van der Waals surface area contributed by atoms with E-state index in [0.29, 0.717) is 5.41 Å². The van der Waals surface area contributed by atoms with Gasteiger partial charge in [-0.05, 0) is 73.7 Å². The minimum atomic E-state index is 0.615. The summed E-state index contributed by atoms with van der Waals surface area (Å²) in [5.74, 6) is 3.97. The van der Waals surface area contributed by atoms with Gasteiger partial charge in [-0.2, -0.15) is 0 Å². The van der Waals surface area contributed by atoms with E-state index in [1.807, 2.05) is 0 Å². The topological polar surface area (TPSA) is 0 Å². The van der Waals surface area contributed by atoms with E-state index in [0.717, 1.165) is 23.7 Å². The van der Waals surface area contributed by atoms with Crippen molar-refractivity contribution >= 4 is 0 Å². The standard InChI is InChI=1S/C18H24/c1-12-3-5-15(6-4-12)17-16-8-13-7-14(9-16)11-18(17,2)10-13/h3-6,13-14,16-17H,7-11H2,1-2H3. The van der Waals surface area contributed by atoms with Gasteiger partial charge in [-0.25, -0.2) is 0 Å². The summed E-state index contributed by atoms with van der Waals surface area (Å²) in [6, 6.07) is 9.44. The third kappa shape index (κ3) is 1.51. The fourth-order valence-corrected chi connectivity index (χ4v) is 5.90. The Balaban J connectivity index is 1.74. The molecule has 0 N–H and O–H groups in total. The van der Waals surface area contributed by atoms with Crippen molar-refractivity contribution in [2.45, 2.75) is 51.9 Å². The van der Waals surface area contributed by atoms with Crippen molar-refractivity contribution in [1.82, 2.24) is 0 Å². The quantitative estimate of drug-likeness (QED) is 0.653. The third-order valence-electron chi connectivity index (χ3n) is 6.11. The summed E-state index contributed by atoms with van der Waals surface area (Å²) in [4.78, 5) is 0. The van der Waals surface area contributed by atoms with Crippen molar-refractivity contribution < 1.29 is 0 Å². The number of hydrogen-bond donors (Lipinski definition) is 0. The molecule has 96 valence electrons. The van der Waals surface area contributed by atoms with Gasteiger partial charge in [0.25, 0.3) is 0 Å². The Labute approximate surface area is 111 Å². The molecule has 3 atom stereocenters. The van der Waals surface area contributed by atoms with Gasteiger partial charge < -0.3 is 0 Å². The number of hydrogen-bond acceptors (Lipinski definition) is 0. The number of aryl methyl sites for hydroxylation is 1. The molecule has 0 spiro atoms. The monoisotopic (exact) mass is 240 g/mol. The third-order valence-corrected chi connectivity index (χ3v) is 6.11. The molecule has 0 radical (unpaired) electrons. The summed E-state index contributed by atoms with van der Waals surface area (Å²) >= 11 is 0. The lowest BCUT2D eigenvalue weighted by molar-refractivity contribution is -0.0644. The zero-order chi connectivity index (χ0) is 12.3. The molecule has 0 saturated heterocycles. The van der Waals surface area contributed by atoms with Crippen LogP contribution in [0.1, 0.15) is 56.1 Å². The van der Waals surface area contributed by atoms with Crippen LogP contribution in [0.4, 0.5) is 0 Å². The Kier molecular flexibility index (Phi) is 2.23. The van der Waals surface area contributed by atoms with Gasteiger partial charge in [-0.1, -0.05) is 36.8 Å². The van der Waals surface area contributed by atoms with Gasteiger partial charge in [-0.15, -0.1) is 0 Å². The lowest BCUT2D eigenvalue weighted by Crippen LogP contribution is -2.49. The van der Waals surface area contributed by atoms with Crippen LogP contribution in [-0.2, 0) is 0 Å². The van der Waals surface area contributed by atoms with Crippen LogP contribution >= 0.6 is 0 Å². The van der Waals surface area contributed by atoms with Gasteiger partial charge >= 0.3 is 0 Å². The maximum Gasteiger partial charge on any atom is -0.00792 e. The summed E-state index contributed by atoms with van der Waals surface area (Å²) in [5.41, 5.74) is 3.64.